The second-order valence-electron chi connectivity index (χ2n) is 11.3. The molecule has 4 rings (SSSR count). The van der Waals surface area contributed by atoms with Crippen molar-refractivity contribution >= 4 is 17.7 Å². The average Bonchev–Trinajstić information content (AvgIpc) is 3.38. The summed E-state index contributed by atoms with van der Waals surface area (Å²) in [5, 5.41) is 10.8. The Hall–Kier alpha value is -2.64. The molecule has 7 nitrogen and oxygen atoms in total. The van der Waals surface area contributed by atoms with E-state index < -0.39 is 0 Å². The number of nitrogens with one attached hydrogen (secondary N) is 3. The van der Waals surface area contributed by atoms with Gasteiger partial charge in [-0.15, -0.1) is 0 Å². The molecule has 2 aliphatic rings. The van der Waals surface area contributed by atoms with Gasteiger partial charge in [0.1, 0.15) is 11.5 Å². The summed E-state index contributed by atoms with van der Waals surface area (Å²) in [5.74, 6) is 1.68. The predicted molar refractivity (Wildman–Crippen MR) is 157 cm³/mol. The molecule has 0 aliphatic carbocycles. The first-order chi connectivity index (χ1) is 17.8. The van der Waals surface area contributed by atoms with E-state index in [-0.39, 0.29) is 23.7 Å². The topological polar surface area (TPSA) is 73.7 Å². The van der Waals surface area contributed by atoms with E-state index >= 15 is 0 Å². The van der Waals surface area contributed by atoms with Crippen molar-refractivity contribution in [1.29, 1.82) is 0 Å². The Balaban J connectivity index is 1.84. The van der Waals surface area contributed by atoms with E-state index in [1.54, 1.807) is 0 Å². The third-order valence-electron chi connectivity index (χ3n) is 7.45. The lowest BCUT2D eigenvalue weighted by atomic mass is 10.0. The molecule has 0 spiro atoms. The van der Waals surface area contributed by atoms with Crippen molar-refractivity contribution < 1.29 is 0 Å². The van der Waals surface area contributed by atoms with Crippen molar-refractivity contribution in [3.05, 3.63) is 51.3 Å². The maximum atomic E-state index is 14.0. The molecular formula is C30H46N6O. The summed E-state index contributed by atoms with van der Waals surface area (Å²) in [6.45, 7) is 17.1. The molecule has 2 unspecified atom stereocenters. The van der Waals surface area contributed by atoms with E-state index in [0.29, 0.717) is 17.2 Å². The fraction of sp³-hybridized carbons (Fsp3) is 0.600. The maximum absolute atomic E-state index is 14.0. The molecule has 1 aromatic heterocycles. The predicted octanol–water partition coefficient (Wildman–Crippen LogP) is 5.32. The second-order valence-corrected chi connectivity index (χ2v) is 11.3. The Morgan fingerprint density at radius 3 is 2.62 bits per heavy atom. The molecule has 7 heteroatoms. The van der Waals surface area contributed by atoms with Gasteiger partial charge in [-0.25, -0.2) is 0 Å². The van der Waals surface area contributed by atoms with Crippen LogP contribution in [-0.2, 0) is 0 Å². The van der Waals surface area contributed by atoms with Gasteiger partial charge in [-0.3, -0.25) is 19.3 Å². The molecule has 1 fully saturated rings. The first kappa shape index (κ1) is 27.4. The van der Waals surface area contributed by atoms with Gasteiger partial charge in [0, 0.05) is 31.9 Å². The number of anilines is 2. The van der Waals surface area contributed by atoms with E-state index in [9.17, 15) is 4.79 Å². The molecule has 2 aliphatic heterocycles. The number of hydrogen-bond acceptors (Lipinski definition) is 6. The van der Waals surface area contributed by atoms with Crippen molar-refractivity contribution in [3.63, 3.8) is 0 Å². The summed E-state index contributed by atoms with van der Waals surface area (Å²) >= 11 is 0. The maximum Gasteiger partial charge on any atom is 0.215 e. The molecule has 2 atom stereocenters. The third-order valence-corrected chi connectivity index (χ3v) is 7.45. The van der Waals surface area contributed by atoms with Crippen molar-refractivity contribution in [2.75, 3.05) is 36.8 Å². The van der Waals surface area contributed by atoms with Gasteiger partial charge in [0.25, 0.3) is 0 Å². The summed E-state index contributed by atoms with van der Waals surface area (Å²) in [6, 6.07) is 8.69. The molecule has 1 aromatic carbocycles. The molecule has 0 amide bonds. The lowest BCUT2D eigenvalue weighted by Gasteiger charge is -2.35. The highest BCUT2D eigenvalue weighted by atomic mass is 16.1. The molecule has 0 radical (unpaired) electrons. The molecule has 3 N–H and O–H groups in total. The molecule has 1 saturated heterocycles. The minimum Gasteiger partial charge on any atom is -0.376 e. The normalized spacial score (nSPS) is 19.1. The number of benzene rings is 1. The highest BCUT2D eigenvalue weighted by molar-refractivity contribution is 5.91. The molecule has 2 aromatic rings. The first-order valence-corrected chi connectivity index (χ1v) is 14.2. The van der Waals surface area contributed by atoms with Crippen LogP contribution in [0.4, 0.5) is 11.5 Å². The largest absolute Gasteiger partial charge is 0.376 e. The van der Waals surface area contributed by atoms with Crippen molar-refractivity contribution in [2.45, 2.75) is 85.5 Å². The van der Waals surface area contributed by atoms with Crippen LogP contribution in [0.2, 0.25) is 0 Å². The number of hydrogen-bond donors (Lipinski definition) is 3. The lowest BCUT2D eigenvalue weighted by Crippen LogP contribution is -2.44. The monoisotopic (exact) mass is 506 g/mol. The van der Waals surface area contributed by atoms with Gasteiger partial charge in [0.2, 0.25) is 5.43 Å². The van der Waals surface area contributed by atoms with E-state index in [2.05, 4.69) is 91.2 Å². The fourth-order valence-corrected chi connectivity index (χ4v) is 5.54. The quantitative estimate of drug-likeness (QED) is 0.385. The molecule has 0 bridgehead atoms. The molecule has 0 saturated carbocycles. The summed E-state index contributed by atoms with van der Waals surface area (Å²) in [4.78, 5) is 21.3. The Labute approximate surface area is 222 Å². The Bertz CT molecular complexity index is 1150. The molecule has 202 valence electrons. The number of rotatable bonds is 11. The van der Waals surface area contributed by atoms with Gasteiger partial charge in [0.15, 0.2) is 6.29 Å². The van der Waals surface area contributed by atoms with Gasteiger partial charge in [-0.2, -0.15) is 0 Å². The Morgan fingerprint density at radius 1 is 1.19 bits per heavy atom. The van der Waals surface area contributed by atoms with Crippen molar-refractivity contribution in [1.82, 2.24) is 14.8 Å². The van der Waals surface area contributed by atoms with Gasteiger partial charge in [-0.05, 0) is 62.6 Å². The number of aliphatic imine (C=N–C) groups is 1. The lowest BCUT2D eigenvalue weighted by molar-refractivity contribution is 0.212. The van der Waals surface area contributed by atoms with Gasteiger partial charge in [0.05, 0.1) is 16.9 Å². The van der Waals surface area contributed by atoms with Crippen LogP contribution in [0.3, 0.4) is 0 Å². The number of para-hydroxylation sites is 1. The average molecular weight is 507 g/mol. The van der Waals surface area contributed by atoms with E-state index in [0.717, 1.165) is 62.6 Å². The minimum atomic E-state index is -0.188. The van der Waals surface area contributed by atoms with Crippen LogP contribution in [-0.4, -0.2) is 54.2 Å². The van der Waals surface area contributed by atoms with Gasteiger partial charge < -0.3 is 16.0 Å². The van der Waals surface area contributed by atoms with E-state index in [1.807, 2.05) is 6.21 Å². The number of nitrogens with zero attached hydrogens (tertiary/aromatic N) is 3. The van der Waals surface area contributed by atoms with Gasteiger partial charge in [-0.1, -0.05) is 52.8 Å². The van der Waals surface area contributed by atoms with E-state index in [4.69, 9.17) is 4.99 Å². The third kappa shape index (κ3) is 6.10. The molecular weight excluding hydrogens is 460 g/mol. The zero-order chi connectivity index (χ0) is 26.5. The molecule has 37 heavy (non-hydrogen) atoms. The van der Waals surface area contributed by atoms with Crippen LogP contribution >= 0.6 is 0 Å². The fourth-order valence-electron chi connectivity index (χ4n) is 5.54. The zero-order valence-corrected chi connectivity index (χ0v) is 23.6. The van der Waals surface area contributed by atoms with Crippen LogP contribution in [0.15, 0.2) is 34.1 Å². The standard InChI is InChI=1S/C30H46N6O/c1-7-16-35(17-10-11-20(2)3)30-32-19-24-28(37)26(33-23-14-15-31-18-23)27(21(4)5)36(29(24)34-30)25-13-9-8-12-22(25)6/h8-9,12-13,19-21,23,30-31,33-34H,7,10-11,14-18H2,1-6H3. The number of aryl methyl sites for hydroxylation is 1. The number of pyridine rings is 1. The molecule has 3 heterocycles. The minimum absolute atomic E-state index is 0.0342. The highest BCUT2D eigenvalue weighted by Crippen LogP contribution is 2.34. The van der Waals surface area contributed by atoms with Crippen LogP contribution in [0, 0.1) is 12.8 Å². The highest BCUT2D eigenvalue weighted by Gasteiger charge is 2.30. The summed E-state index contributed by atoms with van der Waals surface area (Å²) in [5.41, 5.74) is 4.67. The SMILES string of the molecule is CCCN(CCCC(C)C)C1N=Cc2c(n(-c3ccccc3C)c(C(C)C)c(NC3CCNC3)c2=O)N1. The van der Waals surface area contributed by atoms with Crippen molar-refractivity contribution in [3.8, 4) is 5.69 Å². The smallest absolute Gasteiger partial charge is 0.215 e. The van der Waals surface area contributed by atoms with Crippen molar-refractivity contribution in [2.24, 2.45) is 10.9 Å². The van der Waals surface area contributed by atoms with Crippen LogP contribution in [0.1, 0.15) is 83.0 Å². The summed E-state index contributed by atoms with van der Waals surface area (Å²) in [7, 11) is 0. The first-order valence-electron chi connectivity index (χ1n) is 14.2. The Morgan fingerprint density at radius 2 is 1.97 bits per heavy atom. The number of fused-ring (bicyclic) bond motifs is 1. The van der Waals surface area contributed by atoms with Crippen LogP contribution in [0.25, 0.3) is 5.69 Å². The second kappa shape index (κ2) is 12.3. The number of aromatic nitrogens is 1. The van der Waals surface area contributed by atoms with E-state index in [1.165, 1.54) is 12.0 Å². The Kier molecular flexibility index (Phi) is 9.08. The summed E-state index contributed by atoms with van der Waals surface area (Å²) in [6.07, 6.45) is 6.03. The summed E-state index contributed by atoms with van der Waals surface area (Å²) < 4.78 is 2.29. The van der Waals surface area contributed by atoms with Crippen LogP contribution < -0.4 is 21.4 Å². The zero-order valence-electron chi connectivity index (χ0n) is 23.6. The van der Waals surface area contributed by atoms with Gasteiger partial charge >= 0.3 is 0 Å². The van der Waals surface area contributed by atoms with Crippen LogP contribution in [0.5, 0.6) is 0 Å².